The summed E-state index contributed by atoms with van der Waals surface area (Å²) < 4.78 is 11.8. The fourth-order valence-corrected chi connectivity index (χ4v) is 4.09. The third-order valence-corrected chi connectivity index (χ3v) is 5.44. The number of amides is 2. The van der Waals surface area contributed by atoms with Gasteiger partial charge in [0.1, 0.15) is 17.0 Å². The van der Waals surface area contributed by atoms with E-state index in [1.54, 1.807) is 46.8 Å². The molecule has 2 amide bonds. The highest BCUT2D eigenvalue weighted by molar-refractivity contribution is 5.99. The number of carbonyl (C=O) groups excluding carboxylic acids is 1. The first-order valence-electron chi connectivity index (χ1n) is 10.5. The van der Waals surface area contributed by atoms with Crippen LogP contribution in [-0.4, -0.2) is 44.7 Å². The molecule has 2 N–H and O–H groups in total. The Kier molecular flexibility index (Phi) is 5.84. The van der Waals surface area contributed by atoms with Crippen LogP contribution in [0.4, 0.5) is 10.5 Å². The van der Waals surface area contributed by atoms with Crippen LogP contribution in [0.5, 0.6) is 17.4 Å². The first-order chi connectivity index (χ1) is 14.7. The zero-order valence-corrected chi connectivity index (χ0v) is 19.6. The molecule has 1 aliphatic rings. The summed E-state index contributed by atoms with van der Waals surface area (Å²) in [5.41, 5.74) is -0.784. The van der Waals surface area contributed by atoms with Crippen LogP contribution in [-0.2, 0) is 10.2 Å². The summed E-state index contributed by atoms with van der Waals surface area (Å²) in [4.78, 5) is 30.2. The number of carbonyl (C=O) groups is 2. The Hall–Kier alpha value is -3.29. The molecule has 2 aromatic rings. The van der Waals surface area contributed by atoms with Crippen molar-refractivity contribution >= 4 is 17.7 Å². The predicted octanol–water partition coefficient (Wildman–Crippen LogP) is 5.04. The SMILES string of the molecule is CC1(C)COc2cccc(Oc3ccc(NC(=O)C(C)(C)N(C(=O)O)C(C)(C)C)cn3)c21. The van der Waals surface area contributed by atoms with Crippen molar-refractivity contribution < 1.29 is 24.2 Å². The standard InChI is InChI=1S/C24H31N3O5/c1-22(2,3)27(21(29)30)24(6,7)20(28)26-15-11-12-18(25-13-15)32-17-10-8-9-16-19(17)23(4,5)14-31-16/h8-13H,14H2,1-7H3,(H,26,28)(H,29,30). The molecule has 172 valence electrons. The largest absolute Gasteiger partial charge is 0.492 e. The Morgan fingerprint density at radius 1 is 1.16 bits per heavy atom. The number of nitrogens with zero attached hydrogens (tertiary/aromatic N) is 2. The van der Waals surface area contributed by atoms with Crippen molar-refractivity contribution in [3.05, 3.63) is 42.1 Å². The number of ether oxygens (including phenoxy) is 2. The minimum atomic E-state index is -1.30. The lowest BCUT2D eigenvalue weighted by molar-refractivity contribution is -0.128. The lowest BCUT2D eigenvalue weighted by Gasteiger charge is -2.43. The molecule has 32 heavy (non-hydrogen) atoms. The second-order valence-corrected chi connectivity index (χ2v) is 10.1. The Morgan fingerprint density at radius 2 is 1.84 bits per heavy atom. The van der Waals surface area contributed by atoms with Gasteiger partial charge in [-0.3, -0.25) is 9.69 Å². The van der Waals surface area contributed by atoms with E-state index in [1.807, 2.05) is 18.2 Å². The number of aromatic nitrogens is 1. The second-order valence-electron chi connectivity index (χ2n) is 10.1. The molecule has 0 saturated heterocycles. The van der Waals surface area contributed by atoms with Gasteiger partial charge in [-0.1, -0.05) is 19.9 Å². The van der Waals surface area contributed by atoms with Gasteiger partial charge in [0.05, 0.1) is 18.5 Å². The molecule has 0 fully saturated rings. The van der Waals surface area contributed by atoms with Crippen LogP contribution in [0.2, 0.25) is 0 Å². The van der Waals surface area contributed by atoms with Crippen molar-refractivity contribution in [3.63, 3.8) is 0 Å². The molecule has 1 aromatic heterocycles. The molecule has 3 rings (SSSR count). The van der Waals surface area contributed by atoms with Crippen LogP contribution < -0.4 is 14.8 Å². The summed E-state index contributed by atoms with van der Waals surface area (Å²) in [6.45, 7) is 13.2. The molecule has 2 heterocycles. The van der Waals surface area contributed by atoms with Gasteiger partial charge in [0.2, 0.25) is 11.8 Å². The van der Waals surface area contributed by atoms with Gasteiger partial charge in [0.15, 0.2) is 0 Å². The maximum absolute atomic E-state index is 12.9. The summed E-state index contributed by atoms with van der Waals surface area (Å²) in [6.07, 6.45) is 0.317. The van der Waals surface area contributed by atoms with Crippen molar-refractivity contribution in [3.8, 4) is 17.4 Å². The zero-order chi connectivity index (χ0) is 23.9. The number of hydrogen-bond acceptors (Lipinski definition) is 5. The van der Waals surface area contributed by atoms with Crippen LogP contribution in [0.1, 0.15) is 54.0 Å². The number of carboxylic acid groups (broad SMARTS) is 1. The Bertz CT molecular complexity index is 1020. The quantitative estimate of drug-likeness (QED) is 0.674. The van der Waals surface area contributed by atoms with Gasteiger partial charge in [0.25, 0.3) is 0 Å². The average Bonchev–Trinajstić information content (AvgIpc) is 2.97. The molecule has 0 unspecified atom stereocenters. The average molecular weight is 442 g/mol. The molecule has 0 saturated carbocycles. The van der Waals surface area contributed by atoms with Gasteiger partial charge in [-0.15, -0.1) is 0 Å². The number of fused-ring (bicyclic) bond motifs is 1. The smallest absolute Gasteiger partial charge is 0.408 e. The minimum absolute atomic E-state index is 0.172. The summed E-state index contributed by atoms with van der Waals surface area (Å²) in [5.74, 6) is 1.41. The maximum atomic E-state index is 12.9. The summed E-state index contributed by atoms with van der Waals surface area (Å²) in [7, 11) is 0. The number of nitrogens with one attached hydrogen (secondary N) is 1. The van der Waals surface area contributed by atoms with E-state index in [-0.39, 0.29) is 5.41 Å². The third-order valence-electron chi connectivity index (χ3n) is 5.44. The molecule has 8 heteroatoms. The van der Waals surface area contributed by atoms with Crippen LogP contribution in [0.3, 0.4) is 0 Å². The van der Waals surface area contributed by atoms with Crippen molar-refractivity contribution in [1.82, 2.24) is 9.88 Å². The lowest BCUT2D eigenvalue weighted by atomic mass is 9.86. The van der Waals surface area contributed by atoms with Crippen molar-refractivity contribution in [2.75, 3.05) is 11.9 Å². The fourth-order valence-electron chi connectivity index (χ4n) is 4.09. The van der Waals surface area contributed by atoms with Gasteiger partial charge in [-0.25, -0.2) is 9.78 Å². The van der Waals surface area contributed by atoms with Gasteiger partial charge in [0, 0.05) is 22.6 Å². The van der Waals surface area contributed by atoms with Crippen molar-refractivity contribution in [2.24, 2.45) is 0 Å². The van der Waals surface area contributed by atoms with Gasteiger partial charge in [-0.05, 0) is 52.8 Å². The highest BCUT2D eigenvalue weighted by Crippen LogP contribution is 2.45. The molecule has 1 aliphatic heterocycles. The van der Waals surface area contributed by atoms with Crippen molar-refractivity contribution in [2.45, 2.75) is 65.0 Å². The van der Waals surface area contributed by atoms with E-state index in [0.29, 0.717) is 23.9 Å². The van der Waals surface area contributed by atoms with E-state index in [2.05, 4.69) is 24.1 Å². The fraction of sp³-hybridized carbons (Fsp3) is 0.458. The van der Waals surface area contributed by atoms with E-state index in [0.717, 1.165) is 16.2 Å². The van der Waals surface area contributed by atoms with Gasteiger partial charge in [-0.2, -0.15) is 0 Å². The summed E-state index contributed by atoms with van der Waals surface area (Å²) >= 11 is 0. The third kappa shape index (κ3) is 4.49. The molecule has 1 aromatic carbocycles. The molecule has 0 atom stereocenters. The minimum Gasteiger partial charge on any atom is -0.492 e. The highest BCUT2D eigenvalue weighted by atomic mass is 16.5. The highest BCUT2D eigenvalue weighted by Gasteiger charge is 2.44. The van der Waals surface area contributed by atoms with Crippen LogP contribution in [0.15, 0.2) is 36.5 Å². The first-order valence-corrected chi connectivity index (χ1v) is 10.5. The molecule has 8 nitrogen and oxygen atoms in total. The second kappa shape index (κ2) is 8.00. The number of rotatable bonds is 5. The van der Waals surface area contributed by atoms with Crippen LogP contribution >= 0.6 is 0 Å². The van der Waals surface area contributed by atoms with Gasteiger partial charge >= 0.3 is 6.09 Å². The van der Waals surface area contributed by atoms with E-state index in [1.165, 1.54) is 6.20 Å². The van der Waals surface area contributed by atoms with Crippen LogP contribution in [0, 0.1) is 0 Å². The first kappa shape index (κ1) is 23.4. The molecule has 0 radical (unpaired) electrons. The molecular formula is C24H31N3O5. The van der Waals surface area contributed by atoms with Crippen molar-refractivity contribution in [1.29, 1.82) is 0 Å². The number of pyridine rings is 1. The molecule has 0 bridgehead atoms. The van der Waals surface area contributed by atoms with E-state index in [4.69, 9.17) is 9.47 Å². The zero-order valence-electron chi connectivity index (χ0n) is 19.6. The molecule has 0 aliphatic carbocycles. The molecular weight excluding hydrogens is 410 g/mol. The lowest BCUT2D eigenvalue weighted by Crippen LogP contribution is -2.61. The Labute approximate surface area is 188 Å². The number of hydrogen-bond donors (Lipinski definition) is 2. The van der Waals surface area contributed by atoms with Crippen LogP contribution in [0.25, 0.3) is 0 Å². The number of benzene rings is 1. The Balaban J connectivity index is 1.76. The maximum Gasteiger partial charge on any atom is 0.408 e. The van der Waals surface area contributed by atoms with E-state index in [9.17, 15) is 14.7 Å². The summed E-state index contributed by atoms with van der Waals surface area (Å²) in [5, 5.41) is 12.4. The van der Waals surface area contributed by atoms with E-state index >= 15 is 0 Å². The Morgan fingerprint density at radius 3 is 2.41 bits per heavy atom. The monoisotopic (exact) mass is 441 g/mol. The topological polar surface area (TPSA) is 101 Å². The summed E-state index contributed by atoms with van der Waals surface area (Å²) in [6, 6.07) is 8.99. The number of anilines is 1. The normalized spacial score (nSPS) is 14.8. The molecule has 0 spiro atoms. The van der Waals surface area contributed by atoms with E-state index < -0.39 is 23.1 Å². The van der Waals surface area contributed by atoms with Gasteiger partial charge < -0.3 is 19.9 Å². The predicted molar refractivity (Wildman–Crippen MR) is 122 cm³/mol.